The van der Waals surface area contributed by atoms with Crippen molar-refractivity contribution in [2.24, 2.45) is 5.92 Å². The van der Waals surface area contributed by atoms with E-state index in [1.807, 2.05) is 25.1 Å². The Kier molecular flexibility index (Phi) is 5.59. The van der Waals surface area contributed by atoms with Crippen LogP contribution < -0.4 is 25.0 Å². The van der Waals surface area contributed by atoms with Crippen molar-refractivity contribution in [3.63, 3.8) is 0 Å². The topological polar surface area (TPSA) is 66.1 Å². The number of carbonyl (C=O) groups is 1. The molecule has 0 aromatic heterocycles. The molecule has 5 rings (SSSR count). The number of benzene rings is 2. The van der Waals surface area contributed by atoms with Gasteiger partial charge in [-0.2, -0.15) is 0 Å². The average molecular weight is 423 g/mol. The summed E-state index contributed by atoms with van der Waals surface area (Å²) in [6.07, 6.45) is 2.82. The van der Waals surface area contributed by atoms with Crippen LogP contribution in [0.1, 0.15) is 19.8 Å². The number of carbonyl (C=O) groups excluding carboxylic acids is 1. The second-order valence-corrected chi connectivity index (χ2v) is 8.70. The lowest BCUT2D eigenvalue weighted by Crippen LogP contribution is -2.47. The zero-order chi connectivity index (χ0) is 21.2. The quantitative estimate of drug-likeness (QED) is 0.713. The van der Waals surface area contributed by atoms with Crippen LogP contribution in [0, 0.1) is 5.92 Å². The first-order chi connectivity index (χ1) is 15.1. The Morgan fingerprint density at radius 2 is 1.84 bits per heavy atom. The molecule has 1 amide bonds. The highest BCUT2D eigenvalue weighted by Gasteiger charge is 2.26. The van der Waals surface area contributed by atoms with Gasteiger partial charge in [-0.3, -0.25) is 9.69 Å². The fourth-order valence-corrected chi connectivity index (χ4v) is 4.19. The molecular weight excluding hydrogens is 392 g/mol. The molecule has 2 aromatic rings. The number of piperazine rings is 1. The summed E-state index contributed by atoms with van der Waals surface area (Å²) in [5.74, 6) is 2.21. The normalized spacial score (nSPS) is 19.2. The van der Waals surface area contributed by atoms with E-state index in [1.54, 1.807) is 6.07 Å². The molecule has 2 aliphatic heterocycles. The van der Waals surface area contributed by atoms with Gasteiger partial charge in [0.25, 0.3) is 0 Å². The lowest BCUT2D eigenvalue weighted by Gasteiger charge is -2.36. The third-order valence-corrected chi connectivity index (χ3v) is 6.21. The molecule has 31 heavy (non-hydrogen) atoms. The Balaban J connectivity index is 1.16. The maximum atomic E-state index is 12.7. The molecule has 2 N–H and O–H groups in total. The Morgan fingerprint density at radius 1 is 1.03 bits per heavy atom. The van der Waals surface area contributed by atoms with Crippen LogP contribution in [0.3, 0.4) is 0 Å². The van der Waals surface area contributed by atoms with Crippen molar-refractivity contribution in [3.8, 4) is 11.5 Å². The molecule has 0 spiro atoms. The minimum absolute atomic E-state index is 0.0991. The van der Waals surface area contributed by atoms with E-state index in [0.717, 1.165) is 37.8 Å². The molecule has 1 saturated carbocycles. The number of fused-ring (bicyclic) bond motifs is 1. The standard InChI is InChI=1S/C24H30N4O3/c1-17(24(29)26-20-7-8-22-23(14-20)31-16-30-22)25-19-3-2-4-21(13-19)28-11-9-27(10-12-28)15-18-5-6-18/h2-4,7-8,13-14,17-18,25H,5-6,9-12,15-16H2,1H3,(H,26,29). The smallest absolute Gasteiger partial charge is 0.246 e. The molecule has 164 valence electrons. The van der Waals surface area contributed by atoms with Crippen molar-refractivity contribution in [2.75, 3.05) is 55.1 Å². The van der Waals surface area contributed by atoms with E-state index in [-0.39, 0.29) is 18.7 Å². The van der Waals surface area contributed by atoms with Gasteiger partial charge in [0.05, 0.1) is 0 Å². The predicted molar refractivity (Wildman–Crippen MR) is 122 cm³/mol. The summed E-state index contributed by atoms with van der Waals surface area (Å²) in [6, 6.07) is 13.4. The number of anilines is 3. The third-order valence-electron chi connectivity index (χ3n) is 6.21. The Bertz CT molecular complexity index is 938. The molecule has 3 aliphatic rings. The van der Waals surface area contributed by atoms with Crippen LogP contribution in [-0.2, 0) is 4.79 Å². The maximum absolute atomic E-state index is 12.7. The predicted octanol–water partition coefficient (Wildman–Crippen LogP) is 3.39. The van der Waals surface area contributed by atoms with Crippen LogP contribution in [0.15, 0.2) is 42.5 Å². The molecule has 7 nitrogen and oxygen atoms in total. The highest BCUT2D eigenvalue weighted by atomic mass is 16.7. The van der Waals surface area contributed by atoms with Gasteiger partial charge in [-0.15, -0.1) is 0 Å². The summed E-state index contributed by atoms with van der Waals surface area (Å²) in [5.41, 5.74) is 2.85. The summed E-state index contributed by atoms with van der Waals surface area (Å²) in [7, 11) is 0. The number of hydrogen-bond acceptors (Lipinski definition) is 6. The van der Waals surface area contributed by atoms with Gasteiger partial charge in [-0.1, -0.05) is 6.07 Å². The van der Waals surface area contributed by atoms with Gasteiger partial charge in [0, 0.05) is 55.9 Å². The first-order valence-electron chi connectivity index (χ1n) is 11.2. The first kappa shape index (κ1) is 20.0. The van der Waals surface area contributed by atoms with Crippen LogP contribution in [0.25, 0.3) is 0 Å². The maximum Gasteiger partial charge on any atom is 0.246 e. The molecule has 0 bridgehead atoms. The van der Waals surface area contributed by atoms with Crippen LogP contribution in [0.5, 0.6) is 11.5 Å². The van der Waals surface area contributed by atoms with Gasteiger partial charge in [0.15, 0.2) is 11.5 Å². The Morgan fingerprint density at radius 3 is 2.65 bits per heavy atom. The third kappa shape index (κ3) is 4.88. The number of nitrogens with one attached hydrogen (secondary N) is 2. The van der Waals surface area contributed by atoms with Crippen LogP contribution in [0.4, 0.5) is 17.1 Å². The van der Waals surface area contributed by atoms with Gasteiger partial charge in [-0.25, -0.2) is 0 Å². The van der Waals surface area contributed by atoms with Crippen LogP contribution >= 0.6 is 0 Å². The van der Waals surface area contributed by atoms with Crippen molar-refractivity contribution in [1.29, 1.82) is 0 Å². The molecule has 1 atom stereocenters. The summed E-state index contributed by atoms with van der Waals surface area (Å²) in [4.78, 5) is 17.7. The fourth-order valence-electron chi connectivity index (χ4n) is 4.19. The van der Waals surface area contributed by atoms with Crippen molar-refractivity contribution in [2.45, 2.75) is 25.8 Å². The molecule has 2 fully saturated rings. The number of hydrogen-bond donors (Lipinski definition) is 2. The zero-order valence-corrected chi connectivity index (χ0v) is 18.0. The van der Waals surface area contributed by atoms with Gasteiger partial charge in [-0.05, 0) is 56.0 Å². The van der Waals surface area contributed by atoms with Gasteiger partial charge in [0.2, 0.25) is 12.7 Å². The van der Waals surface area contributed by atoms with Gasteiger partial charge >= 0.3 is 0 Å². The molecule has 0 radical (unpaired) electrons. The second-order valence-electron chi connectivity index (χ2n) is 8.70. The summed E-state index contributed by atoms with van der Waals surface area (Å²) < 4.78 is 10.7. The molecular formula is C24H30N4O3. The molecule has 1 saturated heterocycles. The number of amides is 1. The fraction of sp³-hybridized carbons (Fsp3) is 0.458. The number of nitrogens with zero attached hydrogens (tertiary/aromatic N) is 2. The average Bonchev–Trinajstić information content (AvgIpc) is 3.47. The van der Waals surface area contributed by atoms with Crippen LogP contribution in [0.2, 0.25) is 0 Å². The highest BCUT2D eigenvalue weighted by molar-refractivity contribution is 5.96. The minimum atomic E-state index is -0.379. The molecule has 7 heteroatoms. The molecule has 1 unspecified atom stereocenters. The summed E-state index contributed by atoms with van der Waals surface area (Å²) >= 11 is 0. The van der Waals surface area contributed by atoms with Gasteiger partial charge < -0.3 is 25.0 Å². The van der Waals surface area contributed by atoms with Gasteiger partial charge in [0.1, 0.15) is 6.04 Å². The summed E-state index contributed by atoms with van der Waals surface area (Å²) in [6.45, 7) is 7.71. The van der Waals surface area contributed by atoms with E-state index in [9.17, 15) is 4.79 Å². The van der Waals surface area contributed by atoms with Crippen molar-refractivity contribution >= 4 is 23.0 Å². The monoisotopic (exact) mass is 422 g/mol. The Labute approximate surface area is 183 Å². The lowest BCUT2D eigenvalue weighted by atomic mass is 10.2. The zero-order valence-electron chi connectivity index (χ0n) is 18.0. The van der Waals surface area contributed by atoms with E-state index in [1.165, 1.54) is 25.1 Å². The SMILES string of the molecule is CC(Nc1cccc(N2CCN(CC3CC3)CC2)c1)C(=O)Nc1ccc2c(c1)OCO2. The first-order valence-corrected chi connectivity index (χ1v) is 11.2. The highest BCUT2D eigenvalue weighted by Crippen LogP contribution is 2.34. The van der Waals surface area contributed by atoms with E-state index < -0.39 is 0 Å². The van der Waals surface area contributed by atoms with E-state index in [2.05, 4.69) is 38.6 Å². The molecule has 1 aliphatic carbocycles. The number of rotatable bonds is 7. The van der Waals surface area contributed by atoms with E-state index >= 15 is 0 Å². The largest absolute Gasteiger partial charge is 0.454 e. The van der Waals surface area contributed by atoms with E-state index in [0.29, 0.717) is 17.2 Å². The van der Waals surface area contributed by atoms with Crippen molar-refractivity contribution in [1.82, 2.24) is 4.90 Å². The summed E-state index contributed by atoms with van der Waals surface area (Å²) in [5, 5.41) is 6.27. The van der Waals surface area contributed by atoms with E-state index in [4.69, 9.17) is 9.47 Å². The second kappa shape index (κ2) is 8.67. The van der Waals surface area contributed by atoms with Crippen molar-refractivity contribution < 1.29 is 14.3 Å². The number of ether oxygens (including phenoxy) is 2. The Hall–Kier alpha value is -2.93. The molecule has 2 aromatic carbocycles. The van der Waals surface area contributed by atoms with Crippen molar-refractivity contribution in [3.05, 3.63) is 42.5 Å². The molecule has 2 heterocycles. The minimum Gasteiger partial charge on any atom is -0.454 e. The van der Waals surface area contributed by atoms with Crippen LogP contribution in [-0.4, -0.2) is 56.4 Å². The lowest BCUT2D eigenvalue weighted by molar-refractivity contribution is -0.116.